The number of carbonyl (C=O) groups excluding carboxylic acids is 1. The first kappa shape index (κ1) is 15.9. The van der Waals surface area contributed by atoms with Gasteiger partial charge in [-0.25, -0.2) is 9.18 Å². The lowest BCUT2D eigenvalue weighted by atomic mass is 9.87. The molecule has 1 aliphatic carbocycles. The number of methoxy groups -OCH3 is 1. The van der Waals surface area contributed by atoms with Crippen molar-refractivity contribution in [3.05, 3.63) is 41.2 Å². The smallest absolute Gasteiger partial charge is 0.337 e. The summed E-state index contributed by atoms with van der Waals surface area (Å²) in [6, 6.07) is 5.85. The summed E-state index contributed by atoms with van der Waals surface area (Å²) >= 11 is 5.31. The third-order valence-corrected chi connectivity index (χ3v) is 4.73. The number of esters is 1. The van der Waals surface area contributed by atoms with Crippen LogP contribution >= 0.6 is 12.2 Å². The number of nitrogens with one attached hydrogen (secondary N) is 2. The van der Waals surface area contributed by atoms with Crippen LogP contribution in [0.25, 0.3) is 5.70 Å². The summed E-state index contributed by atoms with van der Waals surface area (Å²) in [5.41, 5.74) is 1.87. The zero-order valence-electron chi connectivity index (χ0n) is 12.9. The van der Waals surface area contributed by atoms with E-state index in [1.54, 1.807) is 12.1 Å². The van der Waals surface area contributed by atoms with E-state index in [4.69, 9.17) is 17.0 Å². The second kappa shape index (κ2) is 6.66. The molecule has 3 rings (SSSR count). The van der Waals surface area contributed by atoms with Crippen LogP contribution in [-0.2, 0) is 9.53 Å². The fraction of sp³-hybridized carbons (Fsp3) is 0.412. The molecular weight excluding hydrogens is 315 g/mol. The van der Waals surface area contributed by atoms with E-state index in [0.29, 0.717) is 22.3 Å². The molecule has 0 spiro atoms. The van der Waals surface area contributed by atoms with Crippen molar-refractivity contribution < 1.29 is 13.9 Å². The molecule has 6 heteroatoms. The van der Waals surface area contributed by atoms with Gasteiger partial charge in [-0.2, -0.15) is 0 Å². The van der Waals surface area contributed by atoms with Crippen molar-refractivity contribution in [2.75, 3.05) is 7.11 Å². The molecule has 1 fully saturated rings. The van der Waals surface area contributed by atoms with Gasteiger partial charge in [-0.15, -0.1) is 0 Å². The Labute approximate surface area is 140 Å². The molecule has 1 unspecified atom stereocenters. The first-order valence-electron chi connectivity index (χ1n) is 7.76. The van der Waals surface area contributed by atoms with E-state index in [-0.39, 0.29) is 17.8 Å². The molecule has 0 saturated heterocycles. The van der Waals surface area contributed by atoms with E-state index in [0.717, 1.165) is 31.2 Å². The number of hydrogen-bond acceptors (Lipinski definition) is 3. The summed E-state index contributed by atoms with van der Waals surface area (Å²) in [5.74, 6) is -0.360. The summed E-state index contributed by atoms with van der Waals surface area (Å²) < 4.78 is 18.2. The second-order valence-corrected chi connectivity index (χ2v) is 6.32. The Kier molecular flexibility index (Phi) is 4.61. The van der Waals surface area contributed by atoms with Crippen molar-refractivity contribution in [2.24, 2.45) is 5.92 Å². The van der Waals surface area contributed by atoms with E-state index in [2.05, 4.69) is 10.6 Å². The highest BCUT2D eigenvalue weighted by atomic mass is 32.1. The van der Waals surface area contributed by atoms with E-state index in [1.807, 2.05) is 0 Å². The van der Waals surface area contributed by atoms with Gasteiger partial charge in [0.25, 0.3) is 0 Å². The standard InChI is InChI=1S/C17H19FN2O2S/c1-22-16(21)13-14(10-4-2-3-5-10)19-17(23)20-15(13)11-6-8-12(18)9-7-11/h6-10,14H,2-5H2,1H3,(H2,19,20,23). The highest BCUT2D eigenvalue weighted by molar-refractivity contribution is 7.80. The van der Waals surface area contributed by atoms with E-state index < -0.39 is 0 Å². The Hall–Kier alpha value is -1.95. The van der Waals surface area contributed by atoms with Gasteiger partial charge in [0.15, 0.2) is 5.11 Å². The average molecular weight is 334 g/mol. The molecule has 1 atom stereocenters. The predicted octanol–water partition coefficient (Wildman–Crippen LogP) is 2.75. The zero-order valence-corrected chi connectivity index (χ0v) is 13.7. The minimum absolute atomic E-state index is 0.168. The van der Waals surface area contributed by atoms with Crippen LogP contribution in [0.15, 0.2) is 29.8 Å². The second-order valence-electron chi connectivity index (χ2n) is 5.91. The third kappa shape index (κ3) is 3.22. The van der Waals surface area contributed by atoms with Crippen molar-refractivity contribution >= 4 is 29.0 Å². The van der Waals surface area contributed by atoms with Crippen molar-refractivity contribution in [3.63, 3.8) is 0 Å². The van der Waals surface area contributed by atoms with Gasteiger partial charge < -0.3 is 15.4 Å². The third-order valence-electron chi connectivity index (χ3n) is 4.51. The Morgan fingerprint density at radius 1 is 1.26 bits per heavy atom. The summed E-state index contributed by atoms with van der Waals surface area (Å²) in [5, 5.41) is 6.75. The van der Waals surface area contributed by atoms with Crippen LogP contribution < -0.4 is 10.6 Å². The predicted molar refractivity (Wildman–Crippen MR) is 90.0 cm³/mol. The maximum atomic E-state index is 13.2. The van der Waals surface area contributed by atoms with Gasteiger partial charge in [0.1, 0.15) is 5.82 Å². The van der Waals surface area contributed by atoms with Gasteiger partial charge in [0.2, 0.25) is 0 Å². The molecule has 122 valence electrons. The van der Waals surface area contributed by atoms with Crippen molar-refractivity contribution in [3.8, 4) is 0 Å². The zero-order chi connectivity index (χ0) is 16.4. The number of hydrogen-bond donors (Lipinski definition) is 2. The molecule has 4 nitrogen and oxygen atoms in total. The maximum Gasteiger partial charge on any atom is 0.337 e. The number of rotatable bonds is 3. The van der Waals surface area contributed by atoms with Gasteiger partial charge in [0.05, 0.1) is 24.4 Å². The number of thiocarbonyl (C=S) groups is 1. The molecule has 23 heavy (non-hydrogen) atoms. The number of halogens is 1. The summed E-state index contributed by atoms with van der Waals surface area (Å²) in [7, 11) is 1.37. The summed E-state index contributed by atoms with van der Waals surface area (Å²) in [6.45, 7) is 0. The number of benzene rings is 1. The van der Waals surface area contributed by atoms with Crippen molar-refractivity contribution in [1.82, 2.24) is 10.6 Å². The van der Waals surface area contributed by atoms with Crippen LogP contribution in [0.2, 0.25) is 0 Å². The average Bonchev–Trinajstić information content (AvgIpc) is 3.08. The fourth-order valence-corrected chi connectivity index (χ4v) is 3.64. The fourth-order valence-electron chi connectivity index (χ4n) is 3.41. The molecule has 2 N–H and O–H groups in total. The molecular formula is C17H19FN2O2S. The Bertz CT molecular complexity index is 651. The van der Waals surface area contributed by atoms with E-state index >= 15 is 0 Å². The molecule has 1 saturated carbocycles. The highest BCUT2D eigenvalue weighted by Crippen LogP contribution is 2.35. The monoisotopic (exact) mass is 334 g/mol. The summed E-state index contributed by atoms with van der Waals surface area (Å²) in [6.07, 6.45) is 4.42. The number of carbonyl (C=O) groups is 1. The lowest BCUT2D eigenvalue weighted by Gasteiger charge is -2.34. The molecule has 1 heterocycles. The van der Waals surface area contributed by atoms with Crippen LogP contribution in [0.5, 0.6) is 0 Å². The SMILES string of the molecule is COC(=O)C1=C(c2ccc(F)cc2)NC(=S)NC1C1CCCC1. The molecule has 0 amide bonds. The van der Waals surface area contributed by atoms with Crippen molar-refractivity contribution in [2.45, 2.75) is 31.7 Å². The van der Waals surface area contributed by atoms with E-state index in [9.17, 15) is 9.18 Å². The maximum absolute atomic E-state index is 13.2. The quantitative estimate of drug-likeness (QED) is 0.657. The normalized spacial score (nSPS) is 21.8. The lowest BCUT2D eigenvalue weighted by Crippen LogP contribution is -2.52. The van der Waals surface area contributed by atoms with Gasteiger partial charge in [-0.3, -0.25) is 0 Å². The van der Waals surface area contributed by atoms with Crippen LogP contribution in [-0.4, -0.2) is 24.2 Å². The van der Waals surface area contributed by atoms with Crippen LogP contribution in [0.4, 0.5) is 4.39 Å². The molecule has 2 aliphatic rings. The Morgan fingerprint density at radius 3 is 2.52 bits per heavy atom. The molecule has 0 bridgehead atoms. The number of ether oxygens (including phenoxy) is 1. The Balaban J connectivity index is 2.09. The largest absolute Gasteiger partial charge is 0.466 e. The molecule has 1 aromatic carbocycles. The van der Waals surface area contributed by atoms with Gasteiger partial charge in [-0.1, -0.05) is 12.8 Å². The minimum atomic E-state index is -0.385. The van der Waals surface area contributed by atoms with E-state index in [1.165, 1.54) is 19.2 Å². The topological polar surface area (TPSA) is 50.4 Å². The first-order chi connectivity index (χ1) is 11.1. The van der Waals surface area contributed by atoms with Gasteiger partial charge in [0, 0.05) is 0 Å². The van der Waals surface area contributed by atoms with Gasteiger partial charge in [-0.05, 0) is 60.8 Å². The molecule has 0 radical (unpaired) electrons. The van der Waals surface area contributed by atoms with Crippen molar-refractivity contribution in [1.29, 1.82) is 0 Å². The molecule has 0 aromatic heterocycles. The first-order valence-corrected chi connectivity index (χ1v) is 8.17. The van der Waals surface area contributed by atoms with Crippen LogP contribution in [0.3, 0.4) is 0 Å². The van der Waals surface area contributed by atoms with Crippen LogP contribution in [0, 0.1) is 11.7 Å². The van der Waals surface area contributed by atoms with Crippen LogP contribution in [0.1, 0.15) is 31.2 Å². The minimum Gasteiger partial charge on any atom is -0.466 e. The molecule has 1 aromatic rings. The lowest BCUT2D eigenvalue weighted by molar-refractivity contribution is -0.136. The Morgan fingerprint density at radius 2 is 1.91 bits per heavy atom. The highest BCUT2D eigenvalue weighted by Gasteiger charge is 2.37. The summed E-state index contributed by atoms with van der Waals surface area (Å²) in [4.78, 5) is 12.4. The molecule has 1 aliphatic heterocycles. The van der Waals surface area contributed by atoms with Gasteiger partial charge >= 0.3 is 5.97 Å².